The zero-order chi connectivity index (χ0) is 12.3. The maximum Gasteiger partial charge on any atom is 0.151 e. The Labute approximate surface area is 105 Å². The fourth-order valence-electron chi connectivity index (χ4n) is 1.46. The molecule has 0 aliphatic rings. The van der Waals surface area contributed by atoms with Gasteiger partial charge in [-0.25, -0.2) is 4.98 Å². The molecule has 0 unspecified atom stereocenters. The van der Waals surface area contributed by atoms with Gasteiger partial charge in [-0.15, -0.1) is 0 Å². The number of anilines is 2. The maximum atomic E-state index is 5.61. The van der Waals surface area contributed by atoms with Crippen molar-refractivity contribution >= 4 is 28.7 Å². The monoisotopic (exact) mass is 244 g/mol. The molecule has 4 nitrogen and oxygen atoms in total. The molecule has 86 valence electrons. The Kier molecular flexibility index (Phi) is 3.30. The highest BCUT2D eigenvalue weighted by atomic mass is 32.1. The molecule has 0 fully saturated rings. The molecule has 0 spiro atoms. The highest BCUT2D eigenvalue weighted by molar-refractivity contribution is 7.80. The van der Waals surface area contributed by atoms with Gasteiger partial charge in [-0.2, -0.15) is 0 Å². The van der Waals surface area contributed by atoms with Crippen molar-refractivity contribution in [1.82, 2.24) is 9.97 Å². The molecule has 17 heavy (non-hydrogen) atoms. The number of benzene rings is 1. The predicted molar refractivity (Wildman–Crippen MR) is 72.4 cm³/mol. The summed E-state index contributed by atoms with van der Waals surface area (Å²) in [4.78, 5) is 10.6. The number of nitrogens with zero attached hydrogens (tertiary/aromatic N) is 3. The molecule has 2 N–H and O–H groups in total. The van der Waals surface area contributed by atoms with E-state index in [1.54, 1.807) is 18.6 Å². The molecular formula is C12H12N4S. The summed E-state index contributed by atoms with van der Waals surface area (Å²) in [6.45, 7) is 0. The molecule has 0 saturated heterocycles. The molecule has 0 aliphatic heterocycles. The zero-order valence-electron chi connectivity index (χ0n) is 9.37. The first-order chi connectivity index (χ1) is 8.18. The summed E-state index contributed by atoms with van der Waals surface area (Å²) in [5, 5.41) is 0. The Bertz CT molecular complexity index is 527. The van der Waals surface area contributed by atoms with Gasteiger partial charge in [0.05, 0.1) is 6.20 Å². The van der Waals surface area contributed by atoms with Crippen LogP contribution in [-0.2, 0) is 0 Å². The van der Waals surface area contributed by atoms with Gasteiger partial charge in [-0.1, -0.05) is 24.4 Å². The fraction of sp³-hybridized carbons (Fsp3) is 0.0833. The van der Waals surface area contributed by atoms with E-state index in [9.17, 15) is 0 Å². The van der Waals surface area contributed by atoms with Crippen LogP contribution in [0, 0.1) is 0 Å². The van der Waals surface area contributed by atoms with E-state index < -0.39 is 0 Å². The minimum absolute atomic E-state index is 0.388. The van der Waals surface area contributed by atoms with E-state index in [0.717, 1.165) is 17.1 Å². The second-order valence-electron chi connectivity index (χ2n) is 3.54. The van der Waals surface area contributed by atoms with E-state index in [0.29, 0.717) is 4.99 Å². The van der Waals surface area contributed by atoms with Gasteiger partial charge in [0.15, 0.2) is 5.82 Å². The van der Waals surface area contributed by atoms with Crippen molar-refractivity contribution < 1.29 is 0 Å². The van der Waals surface area contributed by atoms with Crippen LogP contribution in [0.5, 0.6) is 0 Å². The number of hydrogen-bond donors (Lipinski definition) is 1. The van der Waals surface area contributed by atoms with Gasteiger partial charge < -0.3 is 10.6 Å². The van der Waals surface area contributed by atoms with E-state index in [2.05, 4.69) is 9.97 Å². The summed E-state index contributed by atoms with van der Waals surface area (Å²) in [5.41, 5.74) is 7.42. The van der Waals surface area contributed by atoms with E-state index in [4.69, 9.17) is 18.0 Å². The van der Waals surface area contributed by atoms with Crippen LogP contribution in [0.15, 0.2) is 42.9 Å². The van der Waals surface area contributed by atoms with E-state index in [1.807, 2.05) is 36.2 Å². The second kappa shape index (κ2) is 4.88. The Morgan fingerprint density at radius 1 is 1.35 bits per heavy atom. The topological polar surface area (TPSA) is 55.0 Å². The van der Waals surface area contributed by atoms with Gasteiger partial charge in [0.25, 0.3) is 0 Å². The van der Waals surface area contributed by atoms with Crippen LogP contribution in [0.25, 0.3) is 0 Å². The van der Waals surface area contributed by atoms with Crippen molar-refractivity contribution in [2.24, 2.45) is 5.73 Å². The smallest absolute Gasteiger partial charge is 0.151 e. The third-order valence-corrected chi connectivity index (χ3v) is 2.65. The van der Waals surface area contributed by atoms with Crippen LogP contribution in [0.2, 0.25) is 0 Å². The molecule has 0 bridgehead atoms. The van der Waals surface area contributed by atoms with Crippen LogP contribution in [-0.4, -0.2) is 22.0 Å². The van der Waals surface area contributed by atoms with Crippen LogP contribution in [0.1, 0.15) is 5.56 Å². The number of aromatic nitrogens is 2. The molecule has 0 aliphatic carbocycles. The van der Waals surface area contributed by atoms with Gasteiger partial charge in [-0.3, -0.25) is 4.98 Å². The minimum atomic E-state index is 0.388. The first kappa shape index (κ1) is 11.5. The zero-order valence-corrected chi connectivity index (χ0v) is 10.2. The normalized spacial score (nSPS) is 9.94. The maximum absolute atomic E-state index is 5.61. The molecule has 1 heterocycles. The molecule has 2 aromatic rings. The van der Waals surface area contributed by atoms with Crippen molar-refractivity contribution in [3.05, 3.63) is 48.4 Å². The van der Waals surface area contributed by atoms with Crippen molar-refractivity contribution in [3.8, 4) is 0 Å². The second-order valence-corrected chi connectivity index (χ2v) is 3.98. The molecule has 0 saturated carbocycles. The third-order valence-electron chi connectivity index (χ3n) is 2.41. The fourth-order valence-corrected chi connectivity index (χ4v) is 1.59. The minimum Gasteiger partial charge on any atom is -0.389 e. The average molecular weight is 244 g/mol. The summed E-state index contributed by atoms with van der Waals surface area (Å²) < 4.78 is 0. The summed E-state index contributed by atoms with van der Waals surface area (Å²) in [5.74, 6) is 0.771. The highest BCUT2D eigenvalue weighted by Crippen LogP contribution is 2.21. The lowest BCUT2D eigenvalue weighted by atomic mass is 10.2. The first-order valence-electron chi connectivity index (χ1n) is 5.08. The van der Waals surface area contributed by atoms with Crippen molar-refractivity contribution in [1.29, 1.82) is 0 Å². The van der Waals surface area contributed by atoms with E-state index in [-0.39, 0.29) is 0 Å². The molecule has 1 aromatic carbocycles. The van der Waals surface area contributed by atoms with E-state index >= 15 is 0 Å². The molecular weight excluding hydrogens is 232 g/mol. The molecule has 5 heteroatoms. The Hall–Kier alpha value is -2.01. The average Bonchev–Trinajstić information content (AvgIpc) is 2.39. The number of nitrogens with two attached hydrogens (primary N) is 1. The van der Waals surface area contributed by atoms with Crippen molar-refractivity contribution in [3.63, 3.8) is 0 Å². The Morgan fingerprint density at radius 3 is 2.82 bits per heavy atom. The lowest BCUT2D eigenvalue weighted by Gasteiger charge is -2.18. The standard InChI is InChI=1S/C12H12N4S/c1-16(11-8-14-5-6-15-11)10-4-2-3-9(7-10)12(13)17/h2-8H,1H3,(H2,13,17). The number of rotatable bonds is 3. The summed E-state index contributed by atoms with van der Waals surface area (Å²) in [7, 11) is 1.92. The van der Waals surface area contributed by atoms with Crippen LogP contribution in [0.4, 0.5) is 11.5 Å². The van der Waals surface area contributed by atoms with Gasteiger partial charge in [0, 0.05) is 30.7 Å². The first-order valence-corrected chi connectivity index (χ1v) is 5.49. The Morgan fingerprint density at radius 2 is 2.18 bits per heavy atom. The van der Waals surface area contributed by atoms with E-state index in [1.165, 1.54) is 0 Å². The van der Waals surface area contributed by atoms with Crippen LogP contribution < -0.4 is 10.6 Å². The largest absolute Gasteiger partial charge is 0.389 e. The predicted octanol–water partition coefficient (Wildman–Crippen LogP) is 1.88. The van der Waals surface area contributed by atoms with Crippen molar-refractivity contribution in [2.45, 2.75) is 0 Å². The third kappa shape index (κ3) is 2.57. The highest BCUT2D eigenvalue weighted by Gasteiger charge is 2.06. The SMILES string of the molecule is CN(c1cccc(C(N)=S)c1)c1cnccn1. The van der Waals surface area contributed by atoms with Gasteiger partial charge in [0.2, 0.25) is 0 Å². The molecule has 2 rings (SSSR count). The Balaban J connectivity index is 2.34. The summed E-state index contributed by atoms with van der Waals surface area (Å²) >= 11 is 4.96. The molecule has 0 radical (unpaired) electrons. The lowest BCUT2D eigenvalue weighted by molar-refractivity contribution is 1.09. The van der Waals surface area contributed by atoms with Gasteiger partial charge >= 0.3 is 0 Å². The van der Waals surface area contributed by atoms with Crippen molar-refractivity contribution in [2.75, 3.05) is 11.9 Å². The van der Waals surface area contributed by atoms with Gasteiger partial charge in [0.1, 0.15) is 4.99 Å². The van der Waals surface area contributed by atoms with Crippen LogP contribution >= 0.6 is 12.2 Å². The van der Waals surface area contributed by atoms with Crippen LogP contribution in [0.3, 0.4) is 0 Å². The lowest BCUT2D eigenvalue weighted by Crippen LogP contribution is -2.14. The molecule has 0 amide bonds. The summed E-state index contributed by atoms with van der Waals surface area (Å²) in [6.07, 6.45) is 5.00. The quantitative estimate of drug-likeness (QED) is 0.835. The molecule has 0 atom stereocenters. The van der Waals surface area contributed by atoms with Gasteiger partial charge in [-0.05, 0) is 12.1 Å². The number of hydrogen-bond acceptors (Lipinski definition) is 4. The summed E-state index contributed by atoms with van der Waals surface area (Å²) in [6, 6.07) is 7.69. The number of thiocarbonyl (C=S) groups is 1. The molecule has 1 aromatic heterocycles.